The van der Waals surface area contributed by atoms with Crippen LogP contribution in [0.5, 0.6) is 0 Å². The molecule has 0 N–H and O–H groups in total. The highest BCUT2D eigenvalue weighted by molar-refractivity contribution is 6.24. The van der Waals surface area contributed by atoms with Gasteiger partial charge in [0.05, 0.1) is 11.4 Å². The van der Waals surface area contributed by atoms with Crippen LogP contribution in [0, 0.1) is 0 Å². The summed E-state index contributed by atoms with van der Waals surface area (Å²) in [6.07, 6.45) is 0. The molecule has 0 aromatic heterocycles. The molecular weight excluding hydrogens is 917 g/mol. The first kappa shape index (κ1) is 47.3. The maximum absolute atomic E-state index is 2.59. The minimum atomic E-state index is -0.189. The normalized spacial score (nSPS) is 13.7. The van der Waals surface area contributed by atoms with Gasteiger partial charge in [-0.1, -0.05) is 225 Å². The van der Waals surface area contributed by atoms with Gasteiger partial charge in [0.2, 0.25) is 0 Å². The largest absolute Gasteiger partial charge is 0.309 e. The molecule has 0 heterocycles. The molecular formula is C74H64N2. The molecule has 0 radical (unpaired) electrons. The Kier molecular flexibility index (Phi) is 11.3. The van der Waals surface area contributed by atoms with Gasteiger partial charge in [0.25, 0.3) is 0 Å². The van der Waals surface area contributed by atoms with E-state index >= 15 is 0 Å². The predicted octanol–water partition coefficient (Wildman–Crippen LogP) is 21.1. The summed E-state index contributed by atoms with van der Waals surface area (Å²) in [5.74, 6) is 0.598. The molecule has 0 atom stereocenters. The lowest BCUT2D eigenvalue weighted by molar-refractivity contribution is 0.660. The van der Waals surface area contributed by atoms with Gasteiger partial charge < -0.3 is 9.80 Å². The Bertz CT molecular complexity index is 3800. The molecule has 2 heteroatoms. The third-order valence-corrected chi connectivity index (χ3v) is 17.0. The van der Waals surface area contributed by atoms with Crippen molar-refractivity contribution < 1.29 is 0 Å². The number of anilines is 6. The van der Waals surface area contributed by atoms with E-state index in [9.17, 15) is 0 Å². The van der Waals surface area contributed by atoms with Crippen LogP contribution in [0.1, 0.15) is 101 Å². The molecule has 0 spiro atoms. The first-order valence-electron chi connectivity index (χ1n) is 27.3. The van der Waals surface area contributed by atoms with Gasteiger partial charge >= 0.3 is 0 Å². The average Bonchev–Trinajstić information content (AvgIpc) is 3.89. The van der Waals surface area contributed by atoms with Crippen LogP contribution in [-0.4, -0.2) is 0 Å². The predicted molar refractivity (Wildman–Crippen MR) is 325 cm³/mol. The molecule has 0 unspecified atom stereocenters. The van der Waals surface area contributed by atoms with Crippen LogP contribution in [0.4, 0.5) is 34.1 Å². The van der Waals surface area contributed by atoms with E-state index in [-0.39, 0.29) is 10.8 Å². The number of rotatable bonds is 10. The van der Waals surface area contributed by atoms with E-state index in [4.69, 9.17) is 0 Å². The molecule has 2 aliphatic rings. The van der Waals surface area contributed by atoms with E-state index in [2.05, 4.69) is 296 Å². The van der Waals surface area contributed by atoms with E-state index < -0.39 is 0 Å². The minimum absolute atomic E-state index is 0.189. The number of hydrogen-bond donors (Lipinski definition) is 0. The number of nitrogens with zero attached hydrogens (tertiary/aromatic N) is 2. The molecule has 0 aliphatic heterocycles. The summed E-state index contributed by atoms with van der Waals surface area (Å²) in [6.45, 7) is 18.9. The van der Waals surface area contributed by atoms with Gasteiger partial charge in [0.1, 0.15) is 0 Å². The van der Waals surface area contributed by atoms with Crippen molar-refractivity contribution in [2.75, 3.05) is 9.80 Å². The summed E-state index contributed by atoms with van der Waals surface area (Å²) in [5, 5.41) is 4.80. The van der Waals surface area contributed by atoms with Crippen molar-refractivity contribution in [3.63, 3.8) is 0 Å². The summed E-state index contributed by atoms with van der Waals surface area (Å²) in [5.41, 5.74) is 24.5. The molecule has 0 amide bonds. The van der Waals surface area contributed by atoms with Gasteiger partial charge in [-0.2, -0.15) is 0 Å². The van der Waals surface area contributed by atoms with Gasteiger partial charge in [0, 0.05) is 55.1 Å². The molecule has 13 rings (SSSR count). The molecule has 11 aromatic carbocycles. The van der Waals surface area contributed by atoms with Crippen molar-refractivity contribution in [2.45, 2.75) is 78.1 Å². The van der Waals surface area contributed by atoms with Gasteiger partial charge in [-0.15, -0.1) is 0 Å². The molecule has 0 saturated carbocycles. The molecule has 370 valence electrons. The second kappa shape index (κ2) is 18.1. The Labute approximate surface area is 449 Å². The molecule has 0 bridgehead atoms. The minimum Gasteiger partial charge on any atom is -0.309 e. The zero-order valence-corrected chi connectivity index (χ0v) is 45.0. The summed E-state index contributed by atoms with van der Waals surface area (Å²) < 4.78 is 0. The van der Waals surface area contributed by atoms with Gasteiger partial charge in [-0.3, -0.25) is 0 Å². The Hall–Kier alpha value is -8.46. The lowest BCUT2D eigenvalue weighted by atomic mass is 9.82. The van der Waals surface area contributed by atoms with Crippen molar-refractivity contribution in [1.82, 2.24) is 0 Å². The Balaban J connectivity index is 1.15. The summed E-state index contributed by atoms with van der Waals surface area (Å²) in [4.78, 5) is 5.18. The summed E-state index contributed by atoms with van der Waals surface area (Å²) in [7, 11) is 0. The van der Waals surface area contributed by atoms with E-state index in [0.29, 0.717) is 11.8 Å². The van der Waals surface area contributed by atoms with Crippen LogP contribution in [0.25, 0.3) is 66.1 Å². The molecule has 11 aromatic rings. The maximum atomic E-state index is 2.59. The Morgan fingerprint density at radius 2 is 0.632 bits per heavy atom. The monoisotopic (exact) mass is 981 g/mol. The third kappa shape index (κ3) is 7.60. The van der Waals surface area contributed by atoms with E-state index in [1.807, 2.05) is 0 Å². The summed E-state index contributed by atoms with van der Waals surface area (Å²) in [6, 6.07) is 87.2. The van der Waals surface area contributed by atoms with Crippen LogP contribution in [0.2, 0.25) is 0 Å². The molecule has 2 nitrogen and oxygen atoms in total. The highest BCUT2D eigenvalue weighted by atomic mass is 15.2. The fourth-order valence-electron chi connectivity index (χ4n) is 12.8. The van der Waals surface area contributed by atoms with Gasteiger partial charge in [-0.25, -0.2) is 0 Å². The lowest BCUT2D eigenvalue weighted by Crippen LogP contribution is -2.18. The lowest BCUT2D eigenvalue weighted by Gasteiger charge is -2.34. The van der Waals surface area contributed by atoms with Gasteiger partial charge in [0.15, 0.2) is 0 Å². The van der Waals surface area contributed by atoms with Crippen molar-refractivity contribution in [2.24, 2.45) is 0 Å². The topological polar surface area (TPSA) is 6.48 Å². The first-order valence-corrected chi connectivity index (χ1v) is 27.3. The zero-order valence-electron chi connectivity index (χ0n) is 45.0. The highest BCUT2D eigenvalue weighted by Crippen LogP contribution is 2.57. The molecule has 0 saturated heterocycles. The van der Waals surface area contributed by atoms with Crippen molar-refractivity contribution >= 4 is 55.7 Å². The standard InChI is InChI=1S/C74H64N2/c1-47(2)51-33-37-63-65(43-51)71(75(55-27-19-25-53(41-55)49-21-11-9-12-22-49)57-35-39-61-59-29-15-17-31-67(59)73(5,6)69(61)45-57)64-38-34-52(48(3)4)44-66(64)72(63)76(56-28-20-26-54(42-56)50-23-13-10-14-24-50)58-36-40-62-60-30-16-18-32-68(60)74(7,8)70(62)46-58/h9-48H,1-8H3. The second-order valence-corrected chi connectivity index (χ2v) is 22.9. The van der Waals surface area contributed by atoms with Crippen LogP contribution in [-0.2, 0) is 10.8 Å². The van der Waals surface area contributed by atoms with E-state index in [1.165, 1.54) is 111 Å². The first-order chi connectivity index (χ1) is 36.9. The van der Waals surface area contributed by atoms with Crippen LogP contribution >= 0.6 is 0 Å². The molecule has 0 fully saturated rings. The zero-order chi connectivity index (χ0) is 52.0. The van der Waals surface area contributed by atoms with Crippen LogP contribution in [0.15, 0.2) is 231 Å². The average molecular weight is 981 g/mol. The summed E-state index contributed by atoms with van der Waals surface area (Å²) >= 11 is 0. The quantitative estimate of drug-likeness (QED) is 0.0995. The Morgan fingerprint density at radius 1 is 0.276 bits per heavy atom. The highest BCUT2D eigenvalue weighted by Gasteiger charge is 2.38. The fourth-order valence-corrected chi connectivity index (χ4v) is 12.8. The van der Waals surface area contributed by atoms with Crippen molar-refractivity contribution in [1.29, 1.82) is 0 Å². The second-order valence-electron chi connectivity index (χ2n) is 22.9. The fraction of sp³-hybridized carbons (Fsp3) is 0.162. The van der Waals surface area contributed by atoms with Crippen molar-refractivity contribution in [3.05, 3.63) is 264 Å². The third-order valence-electron chi connectivity index (χ3n) is 17.0. The molecule has 2 aliphatic carbocycles. The SMILES string of the molecule is CC(C)c1ccc2c(N(c3cccc(-c4ccccc4)c3)c3ccc4c(c3)C(C)(C)c3ccccc3-4)c3cc(C(C)C)ccc3c(N(c3cccc(-c4ccccc4)c3)c3ccc4c(c3)C(C)(C)c3ccccc3-4)c2c1. The number of benzene rings is 11. The maximum Gasteiger partial charge on any atom is 0.0620 e. The van der Waals surface area contributed by atoms with Crippen LogP contribution in [0.3, 0.4) is 0 Å². The number of hydrogen-bond acceptors (Lipinski definition) is 2. The Morgan fingerprint density at radius 3 is 1.04 bits per heavy atom. The smallest absolute Gasteiger partial charge is 0.0620 e. The molecule has 76 heavy (non-hydrogen) atoms. The number of fused-ring (bicyclic) bond motifs is 8. The van der Waals surface area contributed by atoms with Gasteiger partial charge in [-0.05, 0) is 150 Å². The van der Waals surface area contributed by atoms with Crippen molar-refractivity contribution in [3.8, 4) is 44.5 Å². The van der Waals surface area contributed by atoms with E-state index in [0.717, 1.165) is 22.7 Å². The van der Waals surface area contributed by atoms with E-state index in [1.54, 1.807) is 0 Å². The van der Waals surface area contributed by atoms with Crippen LogP contribution < -0.4 is 9.80 Å².